The molecule has 5 nitrogen and oxygen atoms in total. The molecule has 0 saturated heterocycles. The summed E-state index contributed by atoms with van der Waals surface area (Å²) in [5.41, 5.74) is -0.339. The van der Waals surface area contributed by atoms with E-state index in [2.05, 4.69) is 39.6 Å². The van der Waals surface area contributed by atoms with Crippen LogP contribution in [0.4, 0.5) is 0 Å². The molecule has 24 heavy (non-hydrogen) atoms. The molecule has 2 unspecified atom stereocenters. The quantitative estimate of drug-likeness (QED) is 0.242. The van der Waals surface area contributed by atoms with E-state index in [4.69, 9.17) is 0 Å². The number of thioether (sulfide) groups is 1. The highest BCUT2D eigenvalue weighted by molar-refractivity contribution is 14.0. The SMILES string of the molecule is CCSC1CCCC(NC(=NC)NCCNC(=O)C(C)(C)C)C1.I. The van der Waals surface area contributed by atoms with E-state index in [0.29, 0.717) is 19.1 Å². The average molecular weight is 470 g/mol. The second kappa shape index (κ2) is 12.2. The number of rotatable bonds is 6. The average Bonchev–Trinajstić information content (AvgIpc) is 2.49. The van der Waals surface area contributed by atoms with Gasteiger partial charge in [0, 0.05) is 36.8 Å². The van der Waals surface area contributed by atoms with Crippen LogP contribution in [0.2, 0.25) is 0 Å². The van der Waals surface area contributed by atoms with Crippen molar-refractivity contribution in [3.05, 3.63) is 0 Å². The molecule has 3 N–H and O–H groups in total. The maximum absolute atomic E-state index is 11.8. The molecule has 0 aromatic rings. The lowest BCUT2D eigenvalue weighted by atomic mass is 9.95. The molecule has 0 radical (unpaired) electrons. The van der Waals surface area contributed by atoms with E-state index in [9.17, 15) is 4.79 Å². The lowest BCUT2D eigenvalue weighted by molar-refractivity contribution is -0.128. The lowest BCUT2D eigenvalue weighted by Crippen LogP contribution is -2.48. The standard InChI is InChI=1S/C17H34N4OS.HI/c1-6-23-14-9-7-8-13(12-14)21-16(18-5)20-11-10-19-15(22)17(2,3)4;/h13-14H,6-12H2,1-5H3,(H,19,22)(H2,18,20,21);1H. The minimum atomic E-state index is -0.339. The van der Waals surface area contributed by atoms with Crippen LogP contribution in [-0.4, -0.2) is 49.0 Å². The van der Waals surface area contributed by atoms with Crippen LogP contribution in [0.3, 0.4) is 0 Å². The maximum Gasteiger partial charge on any atom is 0.225 e. The van der Waals surface area contributed by atoms with Gasteiger partial charge in [0.1, 0.15) is 0 Å². The Hall–Kier alpha value is -0.180. The molecule has 0 aromatic heterocycles. The molecule has 1 amide bonds. The largest absolute Gasteiger partial charge is 0.355 e. The summed E-state index contributed by atoms with van der Waals surface area (Å²) >= 11 is 2.07. The third kappa shape index (κ3) is 9.34. The van der Waals surface area contributed by atoms with E-state index in [0.717, 1.165) is 11.2 Å². The van der Waals surface area contributed by atoms with Crippen molar-refractivity contribution in [3.8, 4) is 0 Å². The Bertz CT molecular complexity index is 397. The Morgan fingerprint density at radius 1 is 1.21 bits per heavy atom. The van der Waals surface area contributed by atoms with Crippen LogP contribution in [0.15, 0.2) is 4.99 Å². The fourth-order valence-corrected chi connectivity index (χ4v) is 3.85. The molecule has 142 valence electrons. The first kappa shape index (κ1) is 23.8. The van der Waals surface area contributed by atoms with Crippen LogP contribution in [0.5, 0.6) is 0 Å². The molecule has 2 atom stereocenters. The topological polar surface area (TPSA) is 65.5 Å². The minimum Gasteiger partial charge on any atom is -0.355 e. The first-order chi connectivity index (χ1) is 10.9. The van der Waals surface area contributed by atoms with Gasteiger partial charge in [0.05, 0.1) is 0 Å². The van der Waals surface area contributed by atoms with Crippen LogP contribution >= 0.6 is 35.7 Å². The number of aliphatic imine (C=N–C) groups is 1. The molecular weight excluding hydrogens is 435 g/mol. The number of guanidine groups is 1. The first-order valence-electron chi connectivity index (χ1n) is 8.74. The molecule has 0 heterocycles. The van der Waals surface area contributed by atoms with E-state index in [1.54, 1.807) is 7.05 Å². The number of nitrogens with zero attached hydrogens (tertiary/aromatic N) is 1. The van der Waals surface area contributed by atoms with E-state index >= 15 is 0 Å². The van der Waals surface area contributed by atoms with Gasteiger partial charge in [-0.15, -0.1) is 24.0 Å². The molecule has 0 aliphatic heterocycles. The molecule has 0 bridgehead atoms. The summed E-state index contributed by atoms with van der Waals surface area (Å²) in [5.74, 6) is 2.11. The third-order valence-electron chi connectivity index (χ3n) is 3.98. The molecule has 1 aliphatic rings. The Morgan fingerprint density at radius 2 is 1.88 bits per heavy atom. The van der Waals surface area contributed by atoms with Crippen LogP contribution in [0, 0.1) is 5.41 Å². The van der Waals surface area contributed by atoms with Crippen molar-refractivity contribution in [2.45, 2.75) is 64.7 Å². The number of hydrogen-bond acceptors (Lipinski definition) is 3. The highest BCUT2D eigenvalue weighted by Gasteiger charge is 2.23. The molecule has 1 rings (SSSR count). The summed E-state index contributed by atoms with van der Waals surface area (Å²) in [6.45, 7) is 9.28. The predicted octanol–water partition coefficient (Wildman–Crippen LogP) is 3.00. The number of hydrogen-bond donors (Lipinski definition) is 3. The summed E-state index contributed by atoms with van der Waals surface area (Å²) in [6.07, 6.45) is 5.04. The zero-order valence-electron chi connectivity index (χ0n) is 15.8. The van der Waals surface area contributed by atoms with Crippen molar-refractivity contribution in [1.82, 2.24) is 16.0 Å². The second-order valence-corrected chi connectivity index (χ2v) is 8.67. The van der Waals surface area contributed by atoms with Crippen LogP contribution in [0.1, 0.15) is 53.4 Å². The van der Waals surface area contributed by atoms with Gasteiger partial charge in [-0.3, -0.25) is 9.79 Å². The summed E-state index contributed by atoms with van der Waals surface area (Å²) in [4.78, 5) is 16.1. The number of carbonyl (C=O) groups is 1. The van der Waals surface area contributed by atoms with Gasteiger partial charge >= 0.3 is 0 Å². The van der Waals surface area contributed by atoms with Gasteiger partial charge in [0.15, 0.2) is 5.96 Å². The molecule has 7 heteroatoms. The van der Waals surface area contributed by atoms with Crippen LogP contribution in [0.25, 0.3) is 0 Å². The Kier molecular flexibility index (Phi) is 12.1. The highest BCUT2D eigenvalue weighted by atomic mass is 127. The fourth-order valence-electron chi connectivity index (χ4n) is 2.67. The zero-order valence-corrected chi connectivity index (χ0v) is 18.9. The second-order valence-electron chi connectivity index (χ2n) is 7.09. The monoisotopic (exact) mass is 470 g/mol. The minimum absolute atomic E-state index is 0. The Morgan fingerprint density at radius 3 is 2.46 bits per heavy atom. The number of nitrogens with one attached hydrogen (secondary N) is 3. The van der Waals surface area contributed by atoms with E-state index in [-0.39, 0.29) is 35.3 Å². The van der Waals surface area contributed by atoms with Gasteiger partial charge in [-0.2, -0.15) is 11.8 Å². The molecule has 1 aliphatic carbocycles. The predicted molar refractivity (Wildman–Crippen MR) is 117 cm³/mol. The number of carbonyl (C=O) groups excluding carboxylic acids is 1. The molecule has 1 saturated carbocycles. The van der Waals surface area contributed by atoms with Gasteiger partial charge in [0.25, 0.3) is 0 Å². The molecule has 0 spiro atoms. The van der Waals surface area contributed by atoms with Gasteiger partial charge < -0.3 is 16.0 Å². The molecular formula is C17H35IN4OS. The summed E-state index contributed by atoms with van der Waals surface area (Å²) in [6, 6.07) is 0.503. The van der Waals surface area contributed by atoms with E-state index in [1.807, 2.05) is 20.8 Å². The van der Waals surface area contributed by atoms with Crippen molar-refractivity contribution in [2.24, 2.45) is 10.4 Å². The Balaban J connectivity index is 0.00000529. The Labute approximate surface area is 169 Å². The van der Waals surface area contributed by atoms with E-state index < -0.39 is 0 Å². The summed E-state index contributed by atoms with van der Waals surface area (Å²) in [5, 5.41) is 10.5. The van der Waals surface area contributed by atoms with Crippen molar-refractivity contribution in [2.75, 3.05) is 25.9 Å². The van der Waals surface area contributed by atoms with Crippen molar-refractivity contribution in [1.29, 1.82) is 0 Å². The summed E-state index contributed by atoms with van der Waals surface area (Å²) < 4.78 is 0. The first-order valence-corrected chi connectivity index (χ1v) is 9.78. The van der Waals surface area contributed by atoms with Crippen LogP contribution < -0.4 is 16.0 Å². The van der Waals surface area contributed by atoms with E-state index in [1.165, 1.54) is 31.4 Å². The van der Waals surface area contributed by atoms with Gasteiger partial charge in [-0.05, 0) is 25.0 Å². The smallest absolute Gasteiger partial charge is 0.225 e. The number of halogens is 1. The maximum atomic E-state index is 11.8. The van der Waals surface area contributed by atoms with Gasteiger partial charge in [0.2, 0.25) is 5.91 Å². The lowest BCUT2D eigenvalue weighted by Gasteiger charge is -2.30. The fraction of sp³-hybridized carbons (Fsp3) is 0.882. The number of amides is 1. The zero-order chi connectivity index (χ0) is 17.3. The normalized spacial score (nSPS) is 21.6. The van der Waals surface area contributed by atoms with Crippen LogP contribution in [-0.2, 0) is 4.79 Å². The van der Waals surface area contributed by atoms with Crippen molar-refractivity contribution in [3.63, 3.8) is 0 Å². The van der Waals surface area contributed by atoms with Gasteiger partial charge in [-0.25, -0.2) is 0 Å². The van der Waals surface area contributed by atoms with Crippen molar-refractivity contribution < 1.29 is 4.79 Å². The third-order valence-corrected chi connectivity index (χ3v) is 5.21. The van der Waals surface area contributed by atoms with Gasteiger partial charge in [-0.1, -0.05) is 34.1 Å². The highest BCUT2D eigenvalue weighted by Crippen LogP contribution is 2.28. The summed E-state index contributed by atoms with van der Waals surface area (Å²) in [7, 11) is 1.80. The molecule has 1 fully saturated rings. The molecule has 0 aromatic carbocycles. The van der Waals surface area contributed by atoms with Crippen molar-refractivity contribution >= 4 is 47.6 Å².